The van der Waals surface area contributed by atoms with Gasteiger partial charge in [0.1, 0.15) is 6.29 Å². The van der Waals surface area contributed by atoms with Gasteiger partial charge < -0.3 is 0 Å². The molecule has 0 aliphatic carbocycles. The number of rotatable bonds is 5. The van der Waals surface area contributed by atoms with Crippen LogP contribution in [-0.4, -0.2) is 6.29 Å². The van der Waals surface area contributed by atoms with Crippen LogP contribution in [0.3, 0.4) is 0 Å². The molecule has 0 saturated heterocycles. The molecule has 1 atom stereocenters. The van der Waals surface area contributed by atoms with Crippen molar-refractivity contribution in [2.24, 2.45) is 0 Å². The lowest BCUT2D eigenvalue weighted by Gasteiger charge is -2.11. The van der Waals surface area contributed by atoms with E-state index < -0.39 is 0 Å². The average Bonchev–Trinajstić information content (AvgIpc) is 2.26. The molecule has 1 aromatic rings. The highest BCUT2D eigenvalue weighted by atomic mass is 16.1. The third-order valence-corrected chi connectivity index (χ3v) is 2.61. The zero-order chi connectivity index (χ0) is 10.4. The van der Waals surface area contributed by atoms with Gasteiger partial charge in [0.2, 0.25) is 0 Å². The average molecular weight is 190 g/mol. The molecule has 1 nitrogen and oxygen atoms in total. The minimum absolute atomic E-state index is 0.565. The number of hydrogen-bond acceptors (Lipinski definition) is 1. The van der Waals surface area contributed by atoms with Crippen LogP contribution in [0.15, 0.2) is 24.3 Å². The monoisotopic (exact) mass is 190 g/mol. The third kappa shape index (κ3) is 2.99. The highest BCUT2D eigenvalue weighted by molar-refractivity contribution is 5.74. The topological polar surface area (TPSA) is 17.1 Å². The SMILES string of the molecule is CCCCC(C)c1cccc(C=O)c1. The van der Waals surface area contributed by atoms with E-state index in [4.69, 9.17) is 0 Å². The molecule has 0 fully saturated rings. The van der Waals surface area contributed by atoms with E-state index in [-0.39, 0.29) is 0 Å². The Morgan fingerprint density at radius 1 is 1.43 bits per heavy atom. The Bertz CT molecular complexity index is 291. The number of benzene rings is 1. The second kappa shape index (κ2) is 5.58. The predicted molar refractivity (Wildman–Crippen MR) is 59.8 cm³/mol. The Morgan fingerprint density at radius 2 is 2.21 bits per heavy atom. The molecule has 0 spiro atoms. The van der Waals surface area contributed by atoms with Gasteiger partial charge in [-0.1, -0.05) is 44.9 Å². The molecule has 1 aromatic carbocycles. The van der Waals surface area contributed by atoms with Gasteiger partial charge in [0.05, 0.1) is 0 Å². The van der Waals surface area contributed by atoms with Crippen molar-refractivity contribution in [2.75, 3.05) is 0 Å². The molecule has 0 amide bonds. The van der Waals surface area contributed by atoms with Crippen molar-refractivity contribution < 1.29 is 4.79 Å². The van der Waals surface area contributed by atoms with Crippen LogP contribution < -0.4 is 0 Å². The van der Waals surface area contributed by atoms with Gasteiger partial charge in [-0.05, 0) is 24.0 Å². The summed E-state index contributed by atoms with van der Waals surface area (Å²) in [6.45, 7) is 4.42. The van der Waals surface area contributed by atoms with Crippen LogP contribution in [0.25, 0.3) is 0 Å². The van der Waals surface area contributed by atoms with Crippen molar-refractivity contribution in [3.8, 4) is 0 Å². The molecule has 14 heavy (non-hydrogen) atoms. The van der Waals surface area contributed by atoms with Crippen molar-refractivity contribution in [3.63, 3.8) is 0 Å². The Hall–Kier alpha value is -1.11. The van der Waals surface area contributed by atoms with Crippen LogP contribution in [0.4, 0.5) is 0 Å². The van der Waals surface area contributed by atoms with E-state index in [2.05, 4.69) is 19.9 Å². The van der Waals surface area contributed by atoms with Crippen LogP contribution in [-0.2, 0) is 0 Å². The highest BCUT2D eigenvalue weighted by Gasteiger charge is 2.04. The number of aldehydes is 1. The Labute approximate surface area is 86.1 Å². The first kappa shape index (κ1) is 11.0. The van der Waals surface area contributed by atoms with E-state index in [1.807, 2.05) is 18.2 Å². The zero-order valence-electron chi connectivity index (χ0n) is 8.99. The number of unbranched alkanes of at least 4 members (excludes halogenated alkanes) is 1. The van der Waals surface area contributed by atoms with E-state index >= 15 is 0 Å². The molecule has 0 radical (unpaired) electrons. The van der Waals surface area contributed by atoms with Gasteiger partial charge in [-0.25, -0.2) is 0 Å². The smallest absolute Gasteiger partial charge is 0.150 e. The summed E-state index contributed by atoms with van der Waals surface area (Å²) in [5.74, 6) is 0.565. The fraction of sp³-hybridized carbons (Fsp3) is 0.462. The highest BCUT2D eigenvalue weighted by Crippen LogP contribution is 2.21. The van der Waals surface area contributed by atoms with Crippen LogP contribution in [0.2, 0.25) is 0 Å². The molecular formula is C13H18O. The summed E-state index contributed by atoms with van der Waals surface area (Å²) in [5.41, 5.74) is 2.06. The van der Waals surface area contributed by atoms with Crippen molar-refractivity contribution in [2.45, 2.75) is 39.0 Å². The molecule has 1 unspecified atom stereocenters. The fourth-order valence-corrected chi connectivity index (χ4v) is 1.62. The third-order valence-electron chi connectivity index (χ3n) is 2.61. The summed E-state index contributed by atoms with van der Waals surface area (Å²) in [7, 11) is 0. The number of hydrogen-bond donors (Lipinski definition) is 0. The quantitative estimate of drug-likeness (QED) is 0.645. The number of carbonyl (C=O) groups excluding carboxylic acids is 1. The summed E-state index contributed by atoms with van der Waals surface area (Å²) in [5, 5.41) is 0. The van der Waals surface area contributed by atoms with Crippen molar-refractivity contribution >= 4 is 6.29 Å². The van der Waals surface area contributed by atoms with Crippen LogP contribution >= 0.6 is 0 Å². The van der Waals surface area contributed by atoms with E-state index in [1.54, 1.807) is 0 Å². The molecular weight excluding hydrogens is 172 g/mol. The molecule has 1 rings (SSSR count). The summed E-state index contributed by atoms with van der Waals surface area (Å²) in [6, 6.07) is 7.91. The molecule has 0 saturated carbocycles. The van der Waals surface area contributed by atoms with Crippen molar-refractivity contribution in [3.05, 3.63) is 35.4 Å². The summed E-state index contributed by atoms with van der Waals surface area (Å²) >= 11 is 0. The molecule has 0 aromatic heterocycles. The maximum Gasteiger partial charge on any atom is 0.150 e. The largest absolute Gasteiger partial charge is 0.298 e. The minimum Gasteiger partial charge on any atom is -0.298 e. The van der Waals surface area contributed by atoms with Crippen LogP contribution in [0.1, 0.15) is 54.9 Å². The molecule has 0 bridgehead atoms. The first-order valence-electron chi connectivity index (χ1n) is 5.33. The maximum atomic E-state index is 10.6. The first-order valence-corrected chi connectivity index (χ1v) is 5.33. The van der Waals surface area contributed by atoms with Crippen molar-refractivity contribution in [1.82, 2.24) is 0 Å². The lowest BCUT2D eigenvalue weighted by molar-refractivity contribution is 0.112. The van der Waals surface area contributed by atoms with Gasteiger partial charge in [0.15, 0.2) is 0 Å². The Kier molecular flexibility index (Phi) is 4.37. The first-order chi connectivity index (χ1) is 6.77. The van der Waals surface area contributed by atoms with E-state index in [0.717, 1.165) is 11.8 Å². The van der Waals surface area contributed by atoms with Gasteiger partial charge >= 0.3 is 0 Å². The zero-order valence-corrected chi connectivity index (χ0v) is 8.99. The maximum absolute atomic E-state index is 10.6. The number of carbonyl (C=O) groups is 1. The van der Waals surface area contributed by atoms with E-state index in [9.17, 15) is 4.79 Å². The Morgan fingerprint density at radius 3 is 2.86 bits per heavy atom. The second-order valence-electron chi connectivity index (χ2n) is 3.83. The van der Waals surface area contributed by atoms with Crippen molar-refractivity contribution in [1.29, 1.82) is 0 Å². The van der Waals surface area contributed by atoms with Gasteiger partial charge in [0.25, 0.3) is 0 Å². The summed E-state index contributed by atoms with van der Waals surface area (Å²) < 4.78 is 0. The normalized spacial score (nSPS) is 12.4. The van der Waals surface area contributed by atoms with Crippen LogP contribution in [0.5, 0.6) is 0 Å². The van der Waals surface area contributed by atoms with Crippen LogP contribution in [0, 0.1) is 0 Å². The van der Waals surface area contributed by atoms with Gasteiger partial charge in [0, 0.05) is 5.56 Å². The Balaban J connectivity index is 2.68. The summed E-state index contributed by atoms with van der Waals surface area (Å²) in [6.07, 6.45) is 4.61. The standard InChI is InChI=1S/C13H18O/c1-3-4-6-11(2)13-8-5-7-12(9-13)10-14/h5,7-11H,3-4,6H2,1-2H3. The second-order valence-corrected chi connectivity index (χ2v) is 3.83. The van der Waals surface area contributed by atoms with Gasteiger partial charge in [-0.15, -0.1) is 0 Å². The molecule has 0 N–H and O–H groups in total. The van der Waals surface area contributed by atoms with E-state index in [1.165, 1.54) is 24.8 Å². The fourth-order valence-electron chi connectivity index (χ4n) is 1.62. The molecule has 1 heteroatoms. The summed E-state index contributed by atoms with van der Waals surface area (Å²) in [4.78, 5) is 10.6. The van der Waals surface area contributed by atoms with Gasteiger partial charge in [-0.2, -0.15) is 0 Å². The molecule has 0 heterocycles. The van der Waals surface area contributed by atoms with Gasteiger partial charge in [-0.3, -0.25) is 4.79 Å². The molecule has 0 aliphatic rings. The lowest BCUT2D eigenvalue weighted by Crippen LogP contribution is -1.94. The molecule has 76 valence electrons. The lowest BCUT2D eigenvalue weighted by atomic mass is 9.94. The van der Waals surface area contributed by atoms with E-state index in [0.29, 0.717) is 5.92 Å². The predicted octanol–water partition coefficient (Wildman–Crippen LogP) is 3.79. The molecule has 0 aliphatic heterocycles. The minimum atomic E-state index is 0.565.